The molecular formula is C28H21F6O11S2-. The molecule has 7 atom stereocenters. The lowest BCUT2D eigenvalue weighted by Gasteiger charge is -2.44. The van der Waals surface area contributed by atoms with Gasteiger partial charge in [-0.05, 0) is 28.7 Å². The van der Waals surface area contributed by atoms with Crippen LogP contribution in [-0.2, 0) is 48.2 Å². The molecule has 2 aromatic carbocycles. The lowest BCUT2D eigenvalue weighted by atomic mass is 9.59. The lowest BCUT2D eigenvalue weighted by molar-refractivity contribution is -0.362. The van der Waals surface area contributed by atoms with Crippen LogP contribution in [0.15, 0.2) is 48.5 Å². The van der Waals surface area contributed by atoms with Crippen molar-refractivity contribution in [3.8, 4) is 0 Å². The van der Waals surface area contributed by atoms with Gasteiger partial charge in [0, 0.05) is 11.8 Å². The number of alkyl halides is 6. The summed E-state index contributed by atoms with van der Waals surface area (Å²) >= 11 is 0. The van der Waals surface area contributed by atoms with Gasteiger partial charge >= 0.3 is 29.9 Å². The van der Waals surface area contributed by atoms with Crippen molar-refractivity contribution in [3.05, 3.63) is 70.8 Å². The van der Waals surface area contributed by atoms with E-state index < -0.39 is 103 Å². The number of carbonyl (C=O) groups excluding carboxylic acids is 2. The Labute approximate surface area is 262 Å². The van der Waals surface area contributed by atoms with Gasteiger partial charge in [-0.2, -0.15) is 34.8 Å². The highest BCUT2D eigenvalue weighted by Crippen LogP contribution is 2.57. The molecule has 11 nitrogen and oxygen atoms in total. The van der Waals surface area contributed by atoms with E-state index in [1.807, 2.05) is 36.4 Å². The van der Waals surface area contributed by atoms with Crippen LogP contribution in [0.2, 0.25) is 0 Å². The third-order valence-corrected chi connectivity index (χ3v) is 12.1. The summed E-state index contributed by atoms with van der Waals surface area (Å²) in [6, 6.07) is 14.8. The first kappa shape index (κ1) is 32.3. The molecule has 2 aromatic rings. The van der Waals surface area contributed by atoms with E-state index in [1.54, 1.807) is 12.1 Å². The molecule has 0 aromatic heterocycles. The maximum Gasteiger partial charge on any atom is 0.438 e. The maximum absolute atomic E-state index is 13.9. The predicted octanol–water partition coefficient (Wildman–Crippen LogP) is 2.64. The number of fused-ring (bicyclic) bond motifs is 2. The third kappa shape index (κ3) is 4.71. The first-order valence-electron chi connectivity index (χ1n) is 14.0. The second-order valence-electron chi connectivity index (χ2n) is 12.1. The van der Waals surface area contributed by atoms with E-state index in [0.717, 1.165) is 22.3 Å². The number of rotatable bonds is 6. The second kappa shape index (κ2) is 10.1. The van der Waals surface area contributed by atoms with E-state index in [1.165, 1.54) is 0 Å². The highest BCUT2D eigenvalue weighted by molar-refractivity contribution is 7.87. The zero-order valence-corrected chi connectivity index (χ0v) is 24.9. The Hall–Kier alpha value is -3.26. The molecule has 3 fully saturated rings. The van der Waals surface area contributed by atoms with E-state index in [2.05, 4.69) is 4.74 Å². The van der Waals surface area contributed by atoms with Crippen molar-refractivity contribution in [1.82, 2.24) is 0 Å². The largest absolute Gasteiger partial charge is 0.748 e. The van der Waals surface area contributed by atoms with Crippen molar-refractivity contribution in [2.45, 2.75) is 65.9 Å². The number of esters is 2. The van der Waals surface area contributed by atoms with Crippen LogP contribution >= 0.6 is 0 Å². The molecule has 6 aliphatic rings. The molecule has 3 heterocycles. The Morgan fingerprint density at radius 2 is 1.38 bits per heavy atom. The Bertz CT molecular complexity index is 1830. The van der Waals surface area contributed by atoms with Gasteiger partial charge in [0.2, 0.25) is 0 Å². The molecule has 7 unspecified atom stereocenters. The Balaban J connectivity index is 1.21. The molecule has 3 aliphatic heterocycles. The molecule has 0 N–H and O–H groups in total. The number of carbonyl (C=O) groups is 2. The van der Waals surface area contributed by atoms with Crippen molar-refractivity contribution in [2.24, 2.45) is 11.8 Å². The van der Waals surface area contributed by atoms with Gasteiger partial charge in [-0.15, -0.1) is 0 Å². The topological polar surface area (TPSA) is 162 Å². The van der Waals surface area contributed by atoms with Crippen LogP contribution in [0, 0.1) is 11.8 Å². The van der Waals surface area contributed by atoms with Crippen molar-refractivity contribution in [2.75, 3.05) is 5.75 Å². The smallest absolute Gasteiger partial charge is 0.438 e. The monoisotopic (exact) mass is 711 g/mol. The second-order valence-corrected chi connectivity index (χ2v) is 15.2. The zero-order valence-electron chi connectivity index (χ0n) is 23.3. The maximum atomic E-state index is 13.9. The number of halogens is 6. The number of hydrogen-bond acceptors (Lipinski definition) is 11. The number of ether oxygens (including phenoxy) is 3. The lowest BCUT2D eigenvalue weighted by Crippen LogP contribution is -2.64. The Morgan fingerprint density at radius 3 is 1.89 bits per heavy atom. The summed E-state index contributed by atoms with van der Waals surface area (Å²) in [5, 5.41) is -2.17. The fraction of sp³-hybridized carbons (Fsp3) is 0.500. The van der Waals surface area contributed by atoms with E-state index in [0.29, 0.717) is 0 Å². The van der Waals surface area contributed by atoms with Crippen LogP contribution in [0.1, 0.15) is 40.5 Å². The first-order valence-corrected chi connectivity index (χ1v) is 17.1. The van der Waals surface area contributed by atoms with Crippen LogP contribution < -0.4 is 0 Å². The molecular weight excluding hydrogens is 690 g/mol. The Morgan fingerprint density at radius 1 is 0.851 bits per heavy atom. The number of benzene rings is 2. The number of hydrogen-bond donors (Lipinski definition) is 0. The van der Waals surface area contributed by atoms with Crippen molar-refractivity contribution in [3.63, 3.8) is 0 Å². The molecule has 254 valence electrons. The highest BCUT2D eigenvalue weighted by atomic mass is 32.2. The molecule has 3 aliphatic carbocycles. The van der Waals surface area contributed by atoms with E-state index in [4.69, 9.17) is 13.7 Å². The van der Waals surface area contributed by atoms with Crippen LogP contribution in [0.4, 0.5) is 26.3 Å². The molecule has 8 rings (SSSR count). The molecule has 19 heteroatoms. The molecule has 0 radical (unpaired) electrons. The quantitative estimate of drug-likeness (QED) is 0.188. The summed E-state index contributed by atoms with van der Waals surface area (Å²) in [5.41, 5.74) is -2.22. The van der Waals surface area contributed by atoms with E-state index in [9.17, 15) is 57.3 Å². The first-order chi connectivity index (χ1) is 21.8. The van der Waals surface area contributed by atoms with Crippen molar-refractivity contribution < 1.29 is 75.7 Å². The van der Waals surface area contributed by atoms with Gasteiger partial charge in [0.05, 0.1) is 21.8 Å². The van der Waals surface area contributed by atoms with Crippen LogP contribution in [-0.4, -0.2) is 86.7 Å². The normalized spacial score (nSPS) is 33.3. The summed E-state index contributed by atoms with van der Waals surface area (Å²) in [6.07, 6.45) is -20.1. The minimum Gasteiger partial charge on any atom is -0.748 e. The molecule has 0 spiro atoms. The Kier molecular flexibility index (Phi) is 6.96. The van der Waals surface area contributed by atoms with Crippen LogP contribution in [0.5, 0.6) is 0 Å². The third-order valence-electron chi connectivity index (χ3n) is 9.60. The van der Waals surface area contributed by atoms with Crippen molar-refractivity contribution >= 4 is 32.2 Å². The molecule has 0 saturated carbocycles. The van der Waals surface area contributed by atoms with Gasteiger partial charge in [-0.3, -0.25) is 13.8 Å². The van der Waals surface area contributed by atoms with Gasteiger partial charge in [0.25, 0.3) is 10.1 Å². The predicted molar refractivity (Wildman–Crippen MR) is 140 cm³/mol. The van der Waals surface area contributed by atoms with E-state index in [-0.39, 0.29) is 12.3 Å². The summed E-state index contributed by atoms with van der Waals surface area (Å²) in [6.45, 7) is 0. The molecule has 47 heavy (non-hydrogen) atoms. The standard InChI is InChI=1S/C28H22F6O11S2/c29-27(30,31)26(28(32,33)34,10-46(37,38)39)44-25(36)18-19-20(21-22(42-19)23(18)47(40,41)45-21)43-24(35)16-9-15-11-5-1-3-7-13(11)17(16)14-8-4-2-6-12(14)15/h1-8,15-23H,9-10H2,(H,37,38,39)/p-1. The fourth-order valence-corrected chi connectivity index (χ4v) is 10.5. The summed E-state index contributed by atoms with van der Waals surface area (Å²) in [7, 11) is -11.3. The molecule has 3 saturated heterocycles. The SMILES string of the molecule is O=C(OC1C2OS(=O)(=O)C3C2OC1C3C(=O)OC(CS(=O)(=O)[O-])(C(F)(F)F)C(F)(F)F)C1CC2c3ccccc3C1c1ccccc12. The van der Waals surface area contributed by atoms with Crippen LogP contribution in [0.25, 0.3) is 0 Å². The summed E-state index contributed by atoms with van der Waals surface area (Å²) < 4.78 is 162. The van der Waals surface area contributed by atoms with Gasteiger partial charge in [0.15, 0.2) is 6.10 Å². The van der Waals surface area contributed by atoms with E-state index >= 15 is 0 Å². The minimum absolute atomic E-state index is 0.230. The van der Waals surface area contributed by atoms with Gasteiger partial charge in [0.1, 0.15) is 29.5 Å². The van der Waals surface area contributed by atoms with Gasteiger partial charge in [-0.25, -0.2) is 8.42 Å². The molecule has 0 amide bonds. The average Bonchev–Trinajstić information content (AvgIpc) is 3.58. The zero-order chi connectivity index (χ0) is 34.1. The molecule has 4 bridgehead atoms. The minimum atomic E-state index is -6.69. The average molecular weight is 712 g/mol. The van der Waals surface area contributed by atoms with Gasteiger partial charge in [-0.1, -0.05) is 48.5 Å². The van der Waals surface area contributed by atoms with Gasteiger partial charge < -0.3 is 18.8 Å². The summed E-state index contributed by atoms with van der Waals surface area (Å²) in [5.74, 6) is -10.8. The highest BCUT2D eigenvalue weighted by Gasteiger charge is 2.78. The summed E-state index contributed by atoms with van der Waals surface area (Å²) in [4.78, 5) is 27.0. The fourth-order valence-electron chi connectivity index (χ4n) is 7.78. The van der Waals surface area contributed by atoms with Crippen LogP contribution in [0.3, 0.4) is 0 Å². The van der Waals surface area contributed by atoms with Crippen molar-refractivity contribution in [1.29, 1.82) is 0 Å².